The van der Waals surface area contributed by atoms with E-state index in [4.69, 9.17) is 17.4 Å². The van der Waals surface area contributed by atoms with E-state index in [2.05, 4.69) is 10.5 Å². The summed E-state index contributed by atoms with van der Waals surface area (Å²) in [5.41, 5.74) is 3.86. The average Bonchev–Trinajstić information content (AvgIpc) is 2.81. The lowest BCUT2D eigenvalue weighted by Crippen LogP contribution is -2.31. The largest absolute Gasteiger partial charge is 0.271 e. The van der Waals surface area contributed by atoms with Gasteiger partial charge in [-0.1, -0.05) is 17.7 Å². The third kappa shape index (κ3) is 2.38. The molecule has 2 rings (SSSR count). The zero-order chi connectivity index (χ0) is 13.1. The minimum absolute atomic E-state index is 0.357. The van der Waals surface area contributed by atoms with Crippen LogP contribution in [0.2, 0.25) is 5.02 Å². The number of rotatable bonds is 4. The molecule has 4 nitrogen and oxygen atoms in total. The fourth-order valence-electron chi connectivity index (χ4n) is 1.92. The van der Waals surface area contributed by atoms with E-state index in [1.807, 2.05) is 13.0 Å². The third-order valence-electron chi connectivity index (χ3n) is 2.78. The van der Waals surface area contributed by atoms with Crippen LogP contribution in [0.3, 0.4) is 0 Å². The first-order valence-corrected chi connectivity index (χ1v) is 5.98. The predicted octanol–water partition coefficient (Wildman–Crippen LogP) is 2.25. The van der Waals surface area contributed by atoms with Crippen molar-refractivity contribution in [3.63, 3.8) is 0 Å². The standard InChI is InChI=1S/C12H14ClFN4/c1-2-18-11(5-6-16-18)12(17-15)9-4-3-8(13)7-10(9)14/h3-7,12,17H,2,15H2,1H3. The first-order chi connectivity index (χ1) is 8.67. The van der Waals surface area contributed by atoms with Gasteiger partial charge in [-0.05, 0) is 25.1 Å². The fourth-order valence-corrected chi connectivity index (χ4v) is 2.08. The van der Waals surface area contributed by atoms with E-state index in [0.29, 0.717) is 17.1 Å². The number of hydrogen-bond acceptors (Lipinski definition) is 3. The van der Waals surface area contributed by atoms with Gasteiger partial charge < -0.3 is 0 Å². The predicted molar refractivity (Wildman–Crippen MR) is 68.5 cm³/mol. The molecule has 0 radical (unpaired) electrons. The summed E-state index contributed by atoms with van der Waals surface area (Å²) in [6.07, 6.45) is 1.66. The molecule has 1 aromatic carbocycles. The normalized spacial score (nSPS) is 12.7. The SMILES string of the molecule is CCn1nccc1C(NN)c1ccc(Cl)cc1F. The molecular weight excluding hydrogens is 255 g/mol. The van der Waals surface area contributed by atoms with Gasteiger partial charge in [-0.2, -0.15) is 5.10 Å². The molecule has 2 aromatic rings. The van der Waals surface area contributed by atoms with E-state index in [1.54, 1.807) is 23.0 Å². The Labute approximate surface area is 110 Å². The van der Waals surface area contributed by atoms with Gasteiger partial charge in [0.25, 0.3) is 0 Å². The number of nitrogens with one attached hydrogen (secondary N) is 1. The van der Waals surface area contributed by atoms with Crippen molar-refractivity contribution in [1.82, 2.24) is 15.2 Å². The maximum Gasteiger partial charge on any atom is 0.129 e. The van der Waals surface area contributed by atoms with Crippen LogP contribution in [0.15, 0.2) is 30.5 Å². The minimum Gasteiger partial charge on any atom is -0.271 e. The van der Waals surface area contributed by atoms with E-state index >= 15 is 0 Å². The van der Waals surface area contributed by atoms with Crippen LogP contribution in [0, 0.1) is 5.82 Å². The molecule has 0 fully saturated rings. The molecule has 3 N–H and O–H groups in total. The highest BCUT2D eigenvalue weighted by Crippen LogP contribution is 2.25. The Morgan fingerprint density at radius 2 is 2.28 bits per heavy atom. The Balaban J connectivity index is 2.45. The number of nitrogens with two attached hydrogens (primary N) is 1. The monoisotopic (exact) mass is 268 g/mol. The number of halogens is 2. The Morgan fingerprint density at radius 3 is 2.89 bits per heavy atom. The Kier molecular flexibility index (Phi) is 3.96. The summed E-state index contributed by atoms with van der Waals surface area (Å²) in [5, 5.41) is 4.51. The quantitative estimate of drug-likeness (QED) is 0.661. The van der Waals surface area contributed by atoms with Gasteiger partial charge in [-0.15, -0.1) is 0 Å². The van der Waals surface area contributed by atoms with Crippen molar-refractivity contribution in [2.45, 2.75) is 19.5 Å². The lowest BCUT2D eigenvalue weighted by Gasteiger charge is -2.18. The van der Waals surface area contributed by atoms with Gasteiger partial charge in [0, 0.05) is 23.3 Å². The molecule has 1 atom stereocenters. The molecule has 1 heterocycles. The number of aromatic nitrogens is 2. The maximum absolute atomic E-state index is 13.9. The molecule has 0 amide bonds. The van der Waals surface area contributed by atoms with Crippen LogP contribution in [0.5, 0.6) is 0 Å². The van der Waals surface area contributed by atoms with Gasteiger partial charge in [0.15, 0.2) is 0 Å². The summed E-state index contributed by atoms with van der Waals surface area (Å²) in [6.45, 7) is 2.65. The van der Waals surface area contributed by atoms with Crippen LogP contribution in [0.4, 0.5) is 4.39 Å². The zero-order valence-electron chi connectivity index (χ0n) is 9.90. The lowest BCUT2D eigenvalue weighted by molar-refractivity contribution is 0.516. The molecule has 18 heavy (non-hydrogen) atoms. The average molecular weight is 269 g/mol. The molecular formula is C12H14ClFN4. The number of benzene rings is 1. The van der Waals surface area contributed by atoms with Crippen LogP contribution >= 0.6 is 11.6 Å². The van der Waals surface area contributed by atoms with Crippen molar-refractivity contribution in [3.8, 4) is 0 Å². The summed E-state index contributed by atoms with van der Waals surface area (Å²) < 4.78 is 15.7. The molecule has 0 saturated heterocycles. The second-order valence-electron chi connectivity index (χ2n) is 3.84. The number of nitrogens with zero attached hydrogens (tertiary/aromatic N) is 2. The van der Waals surface area contributed by atoms with Gasteiger partial charge in [0.2, 0.25) is 0 Å². The Bertz CT molecular complexity index is 541. The van der Waals surface area contributed by atoms with Crippen molar-refractivity contribution >= 4 is 11.6 Å². The lowest BCUT2D eigenvalue weighted by atomic mass is 10.0. The summed E-state index contributed by atoms with van der Waals surface area (Å²) in [7, 11) is 0. The van der Waals surface area contributed by atoms with Crippen LogP contribution in [-0.2, 0) is 6.54 Å². The van der Waals surface area contributed by atoms with E-state index < -0.39 is 11.9 Å². The van der Waals surface area contributed by atoms with Crippen molar-refractivity contribution in [3.05, 3.63) is 52.6 Å². The first-order valence-electron chi connectivity index (χ1n) is 5.60. The number of hydrazine groups is 1. The number of hydrogen-bond donors (Lipinski definition) is 2. The fraction of sp³-hybridized carbons (Fsp3) is 0.250. The molecule has 1 aromatic heterocycles. The summed E-state index contributed by atoms with van der Waals surface area (Å²) >= 11 is 5.74. The molecule has 0 saturated carbocycles. The van der Waals surface area contributed by atoms with E-state index in [0.717, 1.165) is 5.69 Å². The first kappa shape index (κ1) is 13.0. The van der Waals surface area contributed by atoms with Gasteiger partial charge in [0.05, 0.1) is 11.7 Å². The van der Waals surface area contributed by atoms with Crippen molar-refractivity contribution < 1.29 is 4.39 Å². The minimum atomic E-state index is -0.454. The molecule has 0 aliphatic rings. The van der Waals surface area contributed by atoms with Crippen LogP contribution in [0.1, 0.15) is 24.2 Å². The van der Waals surface area contributed by atoms with Gasteiger partial charge in [-0.25, -0.2) is 9.82 Å². The molecule has 0 aliphatic heterocycles. The van der Waals surface area contributed by atoms with E-state index in [1.165, 1.54) is 6.07 Å². The molecule has 0 bridgehead atoms. The number of aryl methyl sites for hydroxylation is 1. The van der Waals surface area contributed by atoms with Gasteiger partial charge in [0.1, 0.15) is 5.82 Å². The molecule has 96 valence electrons. The van der Waals surface area contributed by atoms with E-state index in [9.17, 15) is 4.39 Å². The Morgan fingerprint density at radius 1 is 1.50 bits per heavy atom. The van der Waals surface area contributed by atoms with Crippen LogP contribution in [-0.4, -0.2) is 9.78 Å². The highest BCUT2D eigenvalue weighted by atomic mass is 35.5. The third-order valence-corrected chi connectivity index (χ3v) is 3.02. The second kappa shape index (κ2) is 5.48. The van der Waals surface area contributed by atoms with E-state index in [-0.39, 0.29) is 0 Å². The summed E-state index contributed by atoms with van der Waals surface area (Å²) in [6, 6.07) is 5.88. The van der Waals surface area contributed by atoms with Crippen molar-refractivity contribution in [1.29, 1.82) is 0 Å². The summed E-state index contributed by atoms with van der Waals surface area (Å²) in [4.78, 5) is 0. The topological polar surface area (TPSA) is 55.9 Å². The summed E-state index contributed by atoms with van der Waals surface area (Å²) in [5.74, 6) is 5.14. The molecule has 0 aliphatic carbocycles. The van der Waals surface area contributed by atoms with Crippen molar-refractivity contribution in [2.24, 2.45) is 5.84 Å². The highest BCUT2D eigenvalue weighted by molar-refractivity contribution is 6.30. The Hall–Kier alpha value is -1.43. The highest BCUT2D eigenvalue weighted by Gasteiger charge is 2.20. The molecule has 6 heteroatoms. The smallest absolute Gasteiger partial charge is 0.129 e. The molecule has 0 spiro atoms. The maximum atomic E-state index is 13.9. The van der Waals surface area contributed by atoms with Gasteiger partial charge >= 0.3 is 0 Å². The van der Waals surface area contributed by atoms with Gasteiger partial charge in [-0.3, -0.25) is 10.5 Å². The van der Waals surface area contributed by atoms with Crippen LogP contribution in [0.25, 0.3) is 0 Å². The zero-order valence-corrected chi connectivity index (χ0v) is 10.7. The molecule has 1 unspecified atom stereocenters. The second-order valence-corrected chi connectivity index (χ2v) is 4.27. The van der Waals surface area contributed by atoms with Crippen LogP contribution < -0.4 is 11.3 Å². The van der Waals surface area contributed by atoms with Crippen molar-refractivity contribution in [2.75, 3.05) is 0 Å².